The summed E-state index contributed by atoms with van der Waals surface area (Å²) in [4.78, 5) is 51.7. The summed E-state index contributed by atoms with van der Waals surface area (Å²) in [5, 5.41) is 11.5. The standard InChI is InChI=1S/C33H51N5O4/c1-25(2)27-20-21-30(39)35-23-15-13-18-28(32(41)37-27)38-33(42)29(24-26-16-10-9-11-17-26)36-31(40)19-12-7-5-3-4-6-8-14-22-34/h9-11,13,16-18,20-21,25,27-29H,3-8,12,14-15,19,22-24,34H2,1-2H3,(H,35,39)(H,36,40)(H,37,41)(H,38,42)/b18-13+,21-20+/t27-,28+,29+/m1/s1. The topological polar surface area (TPSA) is 142 Å². The van der Waals surface area contributed by atoms with E-state index in [1.165, 1.54) is 25.3 Å². The van der Waals surface area contributed by atoms with E-state index in [-0.39, 0.29) is 29.7 Å². The molecule has 0 saturated heterocycles. The van der Waals surface area contributed by atoms with Gasteiger partial charge in [-0.05, 0) is 37.3 Å². The highest BCUT2D eigenvalue weighted by Crippen LogP contribution is 2.11. The Morgan fingerprint density at radius 3 is 2.29 bits per heavy atom. The van der Waals surface area contributed by atoms with Gasteiger partial charge in [0.1, 0.15) is 12.1 Å². The van der Waals surface area contributed by atoms with Gasteiger partial charge in [0.25, 0.3) is 0 Å². The SMILES string of the molecule is CC(C)[C@H]1/C=C/C(=O)NCC/C=C/[C@H](NC(=O)[C@H](Cc2ccccc2)NC(=O)CCCCCCCCCCN)C(=O)N1. The molecule has 1 aliphatic heterocycles. The average Bonchev–Trinajstić information content (AvgIpc) is 2.96. The molecule has 0 bridgehead atoms. The van der Waals surface area contributed by atoms with Crippen LogP contribution < -0.4 is 27.0 Å². The van der Waals surface area contributed by atoms with Gasteiger partial charge in [-0.15, -0.1) is 0 Å². The summed E-state index contributed by atoms with van der Waals surface area (Å²) in [6, 6.07) is 7.37. The zero-order chi connectivity index (χ0) is 30.6. The van der Waals surface area contributed by atoms with Crippen LogP contribution in [0.4, 0.5) is 0 Å². The third kappa shape index (κ3) is 14.4. The second kappa shape index (κ2) is 20.4. The lowest BCUT2D eigenvalue weighted by molar-refractivity contribution is -0.131. The van der Waals surface area contributed by atoms with Gasteiger partial charge in [-0.25, -0.2) is 0 Å². The molecule has 0 aliphatic carbocycles. The van der Waals surface area contributed by atoms with E-state index >= 15 is 0 Å². The third-order valence-corrected chi connectivity index (χ3v) is 7.29. The minimum Gasteiger partial charge on any atom is -0.352 e. The zero-order valence-electron chi connectivity index (χ0n) is 25.4. The number of benzene rings is 1. The molecule has 0 fully saturated rings. The van der Waals surface area contributed by atoms with Crippen molar-refractivity contribution in [3.8, 4) is 0 Å². The monoisotopic (exact) mass is 581 g/mol. The second-order valence-electron chi connectivity index (χ2n) is 11.3. The summed E-state index contributed by atoms with van der Waals surface area (Å²) in [5.41, 5.74) is 6.45. The van der Waals surface area contributed by atoms with Crippen LogP contribution in [-0.2, 0) is 25.6 Å². The van der Waals surface area contributed by atoms with E-state index < -0.39 is 18.0 Å². The lowest BCUT2D eigenvalue weighted by Gasteiger charge is -2.25. The molecular weight excluding hydrogens is 530 g/mol. The minimum absolute atomic E-state index is 0.0301. The fourth-order valence-electron chi connectivity index (χ4n) is 4.72. The van der Waals surface area contributed by atoms with E-state index in [4.69, 9.17) is 5.73 Å². The van der Waals surface area contributed by atoms with Crippen molar-refractivity contribution in [2.75, 3.05) is 13.1 Å². The van der Waals surface area contributed by atoms with E-state index in [1.807, 2.05) is 44.2 Å². The van der Waals surface area contributed by atoms with Gasteiger partial charge in [0.15, 0.2) is 0 Å². The number of hydrogen-bond acceptors (Lipinski definition) is 5. The molecule has 232 valence electrons. The Balaban J connectivity index is 2.02. The number of unbranched alkanes of at least 4 members (excludes halogenated alkanes) is 7. The van der Waals surface area contributed by atoms with E-state index in [2.05, 4.69) is 21.3 Å². The van der Waals surface area contributed by atoms with Crippen LogP contribution in [0.1, 0.15) is 83.6 Å². The highest BCUT2D eigenvalue weighted by molar-refractivity contribution is 5.93. The molecule has 2 rings (SSSR count). The Bertz CT molecular complexity index is 1020. The summed E-state index contributed by atoms with van der Waals surface area (Å²) in [5.74, 6) is -1.16. The summed E-state index contributed by atoms with van der Waals surface area (Å²) in [6.07, 6.45) is 16.3. The summed E-state index contributed by atoms with van der Waals surface area (Å²) in [6.45, 7) is 5.05. The Morgan fingerprint density at radius 1 is 0.952 bits per heavy atom. The molecule has 42 heavy (non-hydrogen) atoms. The predicted molar refractivity (Wildman–Crippen MR) is 167 cm³/mol. The summed E-state index contributed by atoms with van der Waals surface area (Å²) < 4.78 is 0. The quantitative estimate of drug-likeness (QED) is 0.150. The Hall–Kier alpha value is -3.46. The van der Waals surface area contributed by atoms with Gasteiger partial charge in [-0.2, -0.15) is 0 Å². The van der Waals surface area contributed by atoms with E-state index in [0.29, 0.717) is 25.8 Å². The third-order valence-electron chi connectivity index (χ3n) is 7.29. The molecule has 1 aromatic rings. The first-order chi connectivity index (χ1) is 20.3. The van der Waals surface area contributed by atoms with Gasteiger partial charge < -0.3 is 27.0 Å². The number of rotatable bonds is 16. The molecular formula is C33H51N5O4. The maximum Gasteiger partial charge on any atom is 0.247 e. The molecule has 0 aromatic heterocycles. The van der Waals surface area contributed by atoms with Crippen molar-refractivity contribution in [2.45, 2.75) is 103 Å². The number of carbonyl (C=O) groups is 4. The average molecular weight is 582 g/mol. The van der Waals surface area contributed by atoms with Gasteiger partial charge in [-0.3, -0.25) is 19.2 Å². The number of hydrogen-bond donors (Lipinski definition) is 5. The lowest BCUT2D eigenvalue weighted by atomic mass is 10.0. The van der Waals surface area contributed by atoms with Crippen molar-refractivity contribution in [1.82, 2.24) is 21.3 Å². The van der Waals surface area contributed by atoms with Crippen molar-refractivity contribution in [1.29, 1.82) is 0 Å². The minimum atomic E-state index is -0.928. The molecule has 4 amide bonds. The largest absolute Gasteiger partial charge is 0.352 e. The molecule has 9 nitrogen and oxygen atoms in total. The molecule has 1 aliphatic rings. The van der Waals surface area contributed by atoms with Crippen LogP contribution in [-0.4, -0.2) is 54.8 Å². The van der Waals surface area contributed by atoms with Crippen molar-refractivity contribution in [3.05, 3.63) is 60.2 Å². The molecule has 0 spiro atoms. The first kappa shape index (κ1) is 34.7. The molecule has 1 heterocycles. The number of amides is 4. The Kier molecular flexibility index (Phi) is 16.9. The van der Waals surface area contributed by atoms with Gasteiger partial charge >= 0.3 is 0 Å². The lowest BCUT2D eigenvalue weighted by Crippen LogP contribution is -2.55. The zero-order valence-corrected chi connectivity index (χ0v) is 25.4. The molecule has 0 saturated carbocycles. The maximum atomic E-state index is 13.5. The summed E-state index contributed by atoms with van der Waals surface area (Å²) in [7, 11) is 0. The van der Waals surface area contributed by atoms with Gasteiger partial charge in [-0.1, -0.05) is 101 Å². The molecule has 9 heteroatoms. The van der Waals surface area contributed by atoms with Gasteiger partial charge in [0.05, 0.1) is 0 Å². The Morgan fingerprint density at radius 2 is 1.62 bits per heavy atom. The fourth-order valence-corrected chi connectivity index (χ4v) is 4.72. The van der Waals surface area contributed by atoms with Crippen LogP contribution in [0.5, 0.6) is 0 Å². The van der Waals surface area contributed by atoms with Crippen molar-refractivity contribution < 1.29 is 19.2 Å². The van der Waals surface area contributed by atoms with Crippen molar-refractivity contribution in [3.63, 3.8) is 0 Å². The normalized spacial score (nSPS) is 19.9. The van der Waals surface area contributed by atoms with Crippen LogP contribution in [0.3, 0.4) is 0 Å². The number of nitrogens with two attached hydrogens (primary N) is 1. The number of nitrogens with one attached hydrogen (secondary N) is 4. The summed E-state index contributed by atoms with van der Waals surface area (Å²) >= 11 is 0. The van der Waals surface area contributed by atoms with Crippen molar-refractivity contribution >= 4 is 23.6 Å². The van der Waals surface area contributed by atoms with Crippen molar-refractivity contribution in [2.24, 2.45) is 11.7 Å². The van der Waals surface area contributed by atoms with E-state index in [0.717, 1.165) is 44.2 Å². The van der Waals surface area contributed by atoms with E-state index in [1.54, 1.807) is 18.2 Å². The predicted octanol–water partition coefficient (Wildman–Crippen LogP) is 3.44. The van der Waals surface area contributed by atoms with Crippen LogP contribution in [0, 0.1) is 5.92 Å². The Labute approximate surface area is 251 Å². The molecule has 6 N–H and O–H groups in total. The van der Waals surface area contributed by atoms with Gasteiger partial charge in [0, 0.05) is 31.5 Å². The highest BCUT2D eigenvalue weighted by atomic mass is 16.2. The van der Waals surface area contributed by atoms with Crippen LogP contribution in [0.25, 0.3) is 0 Å². The van der Waals surface area contributed by atoms with E-state index in [9.17, 15) is 19.2 Å². The van der Waals surface area contributed by atoms with Crippen LogP contribution in [0.15, 0.2) is 54.6 Å². The smallest absolute Gasteiger partial charge is 0.247 e. The molecule has 0 radical (unpaired) electrons. The fraction of sp³-hybridized carbons (Fsp3) is 0.576. The molecule has 0 unspecified atom stereocenters. The van der Waals surface area contributed by atoms with Crippen LogP contribution in [0.2, 0.25) is 0 Å². The molecule has 1 aromatic carbocycles. The number of carbonyl (C=O) groups excluding carboxylic acids is 4. The van der Waals surface area contributed by atoms with Gasteiger partial charge in [0.2, 0.25) is 23.6 Å². The van der Waals surface area contributed by atoms with Crippen LogP contribution >= 0.6 is 0 Å². The first-order valence-electron chi connectivity index (χ1n) is 15.6. The highest BCUT2D eigenvalue weighted by Gasteiger charge is 2.27. The maximum absolute atomic E-state index is 13.5. The first-order valence-corrected chi connectivity index (χ1v) is 15.6. The second-order valence-corrected chi connectivity index (χ2v) is 11.3. The molecule has 3 atom stereocenters.